The van der Waals surface area contributed by atoms with Gasteiger partial charge in [-0.1, -0.05) is 90.4 Å². The zero-order valence-corrected chi connectivity index (χ0v) is 18.2. The van der Waals surface area contributed by atoms with Crippen molar-refractivity contribution in [1.29, 1.82) is 0 Å². The first-order valence-electron chi connectivity index (χ1n) is 11.2. The standard InChI is InChI=1S/C22H45ClO3/c1-2-3-4-5-6-7-8-9-10-11-12-13-14-15-17-24-19-21-26-22-20-25-18-16-23/h2-22H2,1H3. The van der Waals surface area contributed by atoms with Gasteiger partial charge in [0.15, 0.2) is 0 Å². The Morgan fingerprint density at radius 3 is 1.19 bits per heavy atom. The normalized spacial score (nSPS) is 11.3. The summed E-state index contributed by atoms with van der Waals surface area (Å²) in [5.41, 5.74) is 0. The van der Waals surface area contributed by atoms with Crippen LogP contribution in [0.15, 0.2) is 0 Å². The van der Waals surface area contributed by atoms with Crippen LogP contribution in [-0.2, 0) is 14.2 Å². The minimum atomic E-state index is 0.544. The minimum Gasteiger partial charge on any atom is -0.379 e. The van der Waals surface area contributed by atoms with Gasteiger partial charge in [-0.3, -0.25) is 0 Å². The molecule has 4 heteroatoms. The van der Waals surface area contributed by atoms with Crippen LogP contribution in [0.1, 0.15) is 96.8 Å². The van der Waals surface area contributed by atoms with E-state index in [4.69, 9.17) is 25.8 Å². The van der Waals surface area contributed by atoms with Crippen LogP contribution < -0.4 is 0 Å². The van der Waals surface area contributed by atoms with E-state index in [2.05, 4.69) is 6.92 Å². The molecule has 0 rings (SSSR count). The van der Waals surface area contributed by atoms with Crippen LogP contribution in [0.25, 0.3) is 0 Å². The zero-order valence-electron chi connectivity index (χ0n) is 17.5. The molecular weight excluding hydrogens is 348 g/mol. The number of alkyl halides is 1. The van der Waals surface area contributed by atoms with Gasteiger partial charge in [-0.2, -0.15) is 0 Å². The largest absolute Gasteiger partial charge is 0.379 e. The molecule has 26 heavy (non-hydrogen) atoms. The summed E-state index contributed by atoms with van der Waals surface area (Å²) in [7, 11) is 0. The molecule has 0 aliphatic carbocycles. The third-order valence-electron chi connectivity index (χ3n) is 4.61. The molecule has 0 unspecified atom stereocenters. The summed E-state index contributed by atoms with van der Waals surface area (Å²) in [6.07, 6.45) is 19.5. The lowest BCUT2D eigenvalue weighted by atomic mass is 10.0. The van der Waals surface area contributed by atoms with E-state index in [1.165, 1.54) is 89.9 Å². The van der Waals surface area contributed by atoms with Crippen LogP contribution in [0.4, 0.5) is 0 Å². The molecule has 0 heterocycles. The van der Waals surface area contributed by atoms with Crippen LogP contribution in [-0.4, -0.2) is 45.5 Å². The van der Waals surface area contributed by atoms with Gasteiger partial charge in [0.2, 0.25) is 0 Å². The Balaban J connectivity index is 2.95. The SMILES string of the molecule is CCCCCCCCCCCCCCCCOCCOCCOCCCl. The lowest BCUT2D eigenvalue weighted by molar-refractivity contribution is 0.0165. The summed E-state index contributed by atoms with van der Waals surface area (Å²) in [5.74, 6) is 0.544. The highest BCUT2D eigenvalue weighted by atomic mass is 35.5. The second-order valence-corrected chi connectivity index (χ2v) is 7.50. The highest BCUT2D eigenvalue weighted by molar-refractivity contribution is 6.17. The summed E-state index contributed by atoms with van der Waals surface area (Å²) in [5, 5.41) is 0. The summed E-state index contributed by atoms with van der Waals surface area (Å²) >= 11 is 5.51. The fraction of sp³-hybridized carbons (Fsp3) is 1.00. The average Bonchev–Trinajstić information content (AvgIpc) is 2.66. The third kappa shape index (κ3) is 24.2. The molecule has 0 bridgehead atoms. The zero-order chi connectivity index (χ0) is 19.0. The Morgan fingerprint density at radius 1 is 0.423 bits per heavy atom. The molecule has 0 fully saturated rings. The van der Waals surface area contributed by atoms with Gasteiger partial charge in [0, 0.05) is 12.5 Å². The predicted molar refractivity (Wildman–Crippen MR) is 113 cm³/mol. The quantitative estimate of drug-likeness (QED) is 0.142. The van der Waals surface area contributed by atoms with E-state index in [0.29, 0.717) is 38.9 Å². The molecule has 0 spiro atoms. The van der Waals surface area contributed by atoms with Gasteiger partial charge in [-0.15, -0.1) is 11.6 Å². The number of halogens is 1. The summed E-state index contributed by atoms with van der Waals surface area (Å²) in [4.78, 5) is 0. The summed E-state index contributed by atoms with van der Waals surface area (Å²) < 4.78 is 16.2. The average molecular weight is 393 g/mol. The van der Waals surface area contributed by atoms with Gasteiger partial charge < -0.3 is 14.2 Å². The van der Waals surface area contributed by atoms with Gasteiger partial charge in [-0.25, -0.2) is 0 Å². The lowest BCUT2D eigenvalue weighted by Gasteiger charge is -2.06. The Bertz CT molecular complexity index is 215. The van der Waals surface area contributed by atoms with Crippen molar-refractivity contribution in [1.82, 2.24) is 0 Å². The van der Waals surface area contributed by atoms with Crippen LogP contribution in [0.5, 0.6) is 0 Å². The molecule has 0 aliphatic rings. The second kappa shape index (κ2) is 25.2. The van der Waals surface area contributed by atoms with E-state index in [-0.39, 0.29) is 0 Å². The van der Waals surface area contributed by atoms with Gasteiger partial charge in [-0.05, 0) is 6.42 Å². The van der Waals surface area contributed by atoms with E-state index >= 15 is 0 Å². The molecule has 0 aliphatic heterocycles. The Labute approximate surface area is 168 Å². The molecule has 0 aromatic rings. The molecule has 0 aromatic heterocycles. The van der Waals surface area contributed by atoms with Gasteiger partial charge in [0.25, 0.3) is 0 Å². The van der Waals surface area contributed by atoms with Gasteiger partial charge in [0.1, 0.15) is 0 Å². The number of hydrogen-bond acceptors (Lipinski definition) is 3. The predicted octanol–water partition coefficient (Wildman–Crippen LogP) is 6.76. The van der Waals surface area contributed by atoms with E-state index < -0.39 is 0 Å². The topological polar surface area (TPSA) is 27.7 Å². The monoisotopic (exact) mass is 392 g/mol. The second-order valence-electron chi connectivity index (χ2n) is 7.12. The molecule has 0 amide bonds. The van der Waals surface area contributed by atoms with Crippen molar-refractivity contribution >= 4 is 11.6 Å². The maximum Gasteiger partial charge on any atom is 0.0701 e. The number of hydrogen-bond donors (Lipinski definition) is 0. The maximum absolute atomic E-state index is 5.58. The minimum absolute atomic E-state index is 0.544. The van der Waals surface area contributed by atoms with Crippen molar-refractivity contribution in [2.24, 2.45) is 0 Å². The van der Waals surface area contributed by atoms with Crippen molar-refractivity contribution in [2.45, 2.75) is 96.8 Å². The van der Waals surface area contributed by atoms with Crippen molar-refractivity contribution in [3.8, 4) is 0 Å². The first-order chi connectivity index (χ1) is 12.9. The fourth-order valence-corrected chi connectivity index (χ4v) is 3.10. The van der Waals surface area contributed by atoms with Crippen molar-refractivity contribution in [2.75, 3.05) is 45.5 Å². The Hall–Kier alpha value is 0.170. The molecule has 0 atom stereocenters. The highest BCUT2D eigenvalue weighted by Gasteiger charge is 1.95. The van der Waals surface area contributed by atoms with Gasteiger partial charge >= 0.3 is 0 Å². The molecule has 3 nitrogen and oxygen atoms in total. The molecule has 0 aromatic carbocycles. The van der Waals surface area contributed by atoms with Crippen molar-refractivity contribution < 1.29 is 14.2 Å². The smallest absolute Gasteiger partial charge is 0.0701 e. The van der Waals surface area contributed by atoms with E-state index in [0.717, 1.165) is 6.61 Å². The number of rotatable bonds is 23. The molecule has 0 radical (unpaired) electrons. The van der Waals surface area contributed by atoms with E-state index in [1.54, 1.807) is 0 Å². The first-order valence-corrected chi connectivity index (χ1v) is 11.7. The van der Waals surface area contributed by atoms with Gasteiger partial charge in [0.05, 0.1) is 33.0 Å². The Morgan fingerprint density at radius 2 is 0.769 bits per heavy atom. The lowest BCUT2D eigenvalue weighted by Crippen LogP contribution is -2.10. The molecule has 158 valence electrons. The van der Waals surface area contributed by atoms with Crippen LogP contribution in [0.3, 0.4) is 0 Å². The Kier molecular flexibility index (Phi) is 25.3. The van der Waals surface area contributed by atoms with Crippen molar-refractivity contribution in [3.63, 3.8) is 0 Å². The first kappa shape index (κ1) is 26.2. The summed E-state index contributed by atoms with van der Waals surface area (Å²) in [6.45, 7) is 6.33. The fourth-order valence-electron chi connectivity index (χ4n) is 3.00. The van der Waals surface area contributed by atoms with Crippen LogP contribution >= 0.6 is 11.6 Å². The van der Waals surface area contributed by atoms with E-state index in [9.17, 15) is 0 Å². The molecule has 0 saturated carbocycles. The molecule has 0 saturated heterocycles. The number of unbranched alkanes of at least 4 members (excludes halogenated alkanes) is 13. The highest BCUT2D eigenvalue weighted by Crippen LogP contribution is 2.12. The maximum atomic E-state index is 5.58. The molecular formula is C22H45ClO3. The number of ether oxygens (including phenoxy) is 3. The van der Waals surface area contributed by atoms with E-state index in [1.807, 2.05) is 0 Å². The summed E-state index contributed by atoms with van der Waals surface area (Å²) in [6, 6.07) is 0. The molecule has 0 N–H and O–H groups in total. The van der Waals surface area contributed by atoms with Crippen LogP contribution in [0.2, 0.25) is 0 Å². The van der Waals surface area contributed by atoms with Crippen molar-refractivity contribution in [3.05, 3.63) is 0 Å². The van der Waals surface area contributed by atoms with Crippen LogP contribution in [0, 0.1) is 0 Å². The third-order valence-corrected chi connectivity index (χ3v) is 4.76.